The van der Waals surface area contributed by atoms with Crippen LogP contribution in [-0.2, 0) is 13.0 Å². The molecule has 0 aliphatic heterocycles. The molecule has 0 spiro atoms. The van der Waals surface area contributed by atoms with Gasteiger partial charge in [0.25, 0.3) is 0 Å². The van der Waals surface area contributed by atoms with E-state index in [0.29, 0.717) is 6.04 Å². The molecule has 3 nitrogen and oxygen atoms in total. The van der Waals surface area contributed by atoms with Crippen LogP contribution in [-0.4, -0.2) is 16.8 Å². The molecule has 0 bridgehead atoms. The molecule has 1 aromatic rings. The van der Waals surface area contributed by atoms with Gasteiger partial charge < -0.3 is 5.32 Å². The maximum atomic E-state index is 4.49. The van der Waals surface area contributed by atoms with Gasteiger partial charge in [0.2, 0.25) is 0 Å². The molecule has 1 heterocycles. The van der Waals surface area contributed by atoms with Gasteiger partial charge >= 0.3 is 0 Å². The molecule has 0 amide bonds. The van der Waals surface area contributed by atoms with Gasteiger partial charge in [0.15, 0.2) is 0 Å². The van der Waals surface area contributed by atoms with Crippen LogP contribution in [0, 0.1) is 0 Å². The molecular formula is C10H19N3. The average molecular weight is 181 g/mol. The van der Waals surface area contributed by atoms with Gasteiger partial charge in [0.1, 0.15) is 0 Å². The minimum absolute atomic E-state index is 0.398. The van der Waals surface area contributed by atoms with Crippen LogP contribution in [0.25, 0.3) is 0 Å². The standard InChI is InChI=1S/C10H19N3/c1-5-10-9(8(3)11-4)7-13(6-2)12-10/h7-8,11H,5-6H2,1-4H3. The molecule has 3 heteroatoms. The Morgan fingerprint density at radius 2 is 2.23 bits per heavy atom. The first-order valence-corrected chi connectivity index (χ1v) is 4.96. The van der Waals surface area contributed by atoms with Crippen LogP contribution < -0.4 is 5.32 Å². The number of nitrogens with zero attached hydrogens (tertiary/aromatic N) is 2. The lowest BCUT2D eigenvalue weighted by Gasteiger charge is -2.08. The molecule has 0 saturated heterocycles. The van der Waals surface area contributed by atoms with Gasteiger partial charge in [-0.25, -0.2) is 0 Å². The van der Waals surface area contributed by atoms with Crippen LogP contribution >= 0.6 is 0 Å². The van der Waals surface area contributed by atoms with Gasteiger partial charge in [-0.1, -0.05) is 6.92 Å². The fraction of sp³-hybridized carbons (Fsp3) is 0.700. The molecule has 1 rings (SSSR count). The summed E-state index contributed by atoms with van der Waals surface area (Å²) in [6, 6.07) is 0.398. The summed E-state index contributed by atoms with van der Waals surface area (Å²) in [7, 11) is 1.98. The summed E-state index contributed by atoms with van der Waals surface area (Å²) >= 11 is 0. The third-order valence-electron chi connectivity index (χ3n) is 2.43. The number of aromatic nitrogens is 2. The Morgan fingerprint density at radius 1 is 1.54 bits per heavy atom. The number of rotatable bonds is 4. The monoisotopic (exact) mass is 181 g/mol. The topological polar surface area (TPSA) is 29.9 Å². The highest BCUT2D eigenvalue weighted by molar-refractivity contribution is 5.20. The van der Waals surface area contributed by atoms with Crippen LogP contribution in [0.1, 0.15) is 38.1 Å². The third kappa shape index (κ3) is 2.10. The Hall–Kier alpha value is -0.830. The summed E-state index contributed by atoms with van der Waals surface area (Å²) in [6.45, 7) is 7.37. The van der Waals surface area contributed by atoms with Crippen molar-refractivity contribution in [3.8, 4) is 0 Å². The van der Waals surface area contributed by atoms with Crippen LogP contribution in [0.2, 0.25) is 0 Å². The first kappa shape index (κ1) is 10.3. The predicted molar refractivity (Wildman–Crippen MR) is 54.8 cm³/mol. The molecule has 74 valence electrons. The van der Waals surface area contributed by atoms with Gasteiger partial charge in [-0.2, -0.15) is 5.10 Å². The van der Waals surface area contributed by atoms with E-state index in [-0.39, 0.29) is 0 Å². The van der Waals surface area contributed by atoms with Crippen LogP contribution in [0.5, 0.6) is 0 Å². The lowest BCUT2D eigenvalue weighted by molar-refractivity contribution is 0.640. The van der Waals surface area contributed by atoms with Crippen molar-refractivity contribution < 1.29 is 0 Å². The second-order valence-electron chi connectivity index (χ2n) is 3.25. The molecule has 1 aromatic heterocycles. The average Bonchev–Trinajstić information content (AvgIpc) is 2.59. The second kappa shape index (κ2) is 4.42. The van der Waals surface area contributed by atoms with Crippen molar-refractivity contribution in [3.63, 3.8) is 0 Å². The Balaban J connectivity index is 2.96. The summed E-state index contributed by atoms with van der Waals surface area (Å²) in [5, 5.41) is 7.73. The van der Waals surface area contributed by atoms with E-state index < -0.39 is 0 Å². The normalized spacial score (nSPS) is 13.2. The summed E-state index contributed by atoms with van der Waals surface area (Å²) in [5.74, 6) is 0. The third-order valence-corrected chi connectivity index (χ3v) is 2.43. The van der Waals surface area contributed by atoms with Crippen LogP contribution in [0.4, 0.5) is 0 Å². The van der Waals surface area contributed by atoms with E-state index >= 15 is 0 Å². The second-order valence-corrected chi connectivity index (χ2v) is 3.25. The molecule has 0 fully saturated rings. The maximum Gasteiger partial charge on any atom is 0.0669 e. The highest BCUT2D eigenvalue weighted by atomic mass is 15.3. The predicted octanol–water partition coefficient (Wildman–Crippen LogP) is 1.75. The lowest BCUT2D eigenvalue weighted by atomic mass is 10.1. The number of hydrogen-bond acceptors (Lipinski definition) is 2. The molecule has 1 unspecified atom stereocenters. The van der Waals surface area contributed by atoms with E-state index in [1.807, 2.05) is 11.7 Å². The molecule has 0 aliphatic carbocycles. The Morgan fingerprint density at radius 3 is 2.69 bits per heavy atom. The van der Waals surface area contributed by atoms with Crippen molar-refractivity contribution in [2.75, 3.05) is 7.05 Å². The van der Waals surface area contributed by atoms with Crippen molar-refractivity contribution in [2.45, 2.75) is 39.8 Å². The fourth-order valence-corrected chi connectivity index (χ4v) is 1.43. The highest BCUT2D eigenvalue weighted by Crippen LogP contribution is 2.16. The van der Waals surface area contributed by atoms with E-state index in [0.717, 1.165) is 13.0 Å². The van der Waals surface area contributed by atoms with E-state index in [1.165, 1.54) is 11.3 Å². The fourth-order valence-electron chi connectivity index (χ4n) is 1.43. The first-order chi connectivity index (χ1) is 6.22. The largest absolute Gasteiger partial charge is 0.313 e. The number of aryl methyl sites for hydroxylation is 2. The zero-order valence-electron chi connectivity index (χ0n) is 8.96. The summed E-state index contributed by atoms with van der Waals surface area (Å²) < 4.78 is 2.00. The zero-order chi connectivity index (χ0) is 9.84. The van der Waals surface area contributed by atoms with E-state index in [9.17, 15) is 0 Å². The molecule has 13 heavy (non-hydrogen) atoms. The van der Waals surface area contributed by atoms with Gasteiger partial charge in [-0.15, -0.1) is 0 Å². The Bertz CT molecular complexity index is 265. The van der Waals surface area contributed by atoms with E-state index in [1.54, 1.807) is 0 Å². The molecular weight excluding hydrogens is 162 g/mol. The van der Waals surface area contributed by atoms with E-state index in [2.05, 4.69) is 37.4 Å². The molecule has 1 N–H and O–H groups in total. The summed E-state index contributed by atoms with van der Waals surface area (Å²) in [6.07, 6.45) is 3.15. The van der Waals surface area contributed by atoms with Crippen molar-refractivity contribution >= 4 is 0 Å². The van der Waals surface area contributed by atoms with Crippen LogP contribution in [0.15, 0.2) is 6.20 Å². The maximum absolute atomic E-state index is 4.49. The van der Waals surface area contributed by atoms with Gasteiger partial charge in [0.05, 0.1) is 5.69 Å². The number of hydrogen-bond donors (Lipinski definition) is 1. The molecule has 1 atom stereocenters. The quantitative estimate of drug-likeness (QED) is 0.767. The zero-order valence-corrected chi connectivity index (χ0v) is 8.96. The first-order valence-electron chi connectivity index (χ1n) is 4.96. The molecule has 0 saturated carbocycles. The van der Waals surface area contributed by atoms with E-state index in [4.69, 9.17) is 0 Å². The van der Waals surface area contributed by atoms with Gasteiger partial charge in [0, 0.05) is 24.3 Å². The van der Waals surface area contributed by atoms with Crippen molar-refractivity contribution in [3.05, 3.63) is 17.5 Å². The van der Waals surface area contributed by atoms with Gasteiger partial charge in [-0.05, 0) is 27.3 Å². The smallest absolute Gasteiger partial charge is 0.0669 e. The summed E-state index contributed by atoms with van der Waals surface area (Å²) in [4.78, 5) is 0. The summed E-state index contributed by atoms with van der Waals surface area (Å²) in [5.41, 5.74) is 2.54. The van der Waals surface area contributed by atoms with Crippen molar-refractivity contribution in [1.82, 2.24) is 15.1 Å². The lowest BCUT2D eigenvalue weighted by Crippen LogP contribution is -2.13. The van der Waals surface area contributed by atoms with Gasteiger partial charge in [-0.3, -0.25) is 4.68 Å². The number of nitrogens with one attached hydrogen (secondary N) is 1. The van der Waals surface area contributed by atoms with Crippen molar-refractivity contribution in [2.24, 2.45) is 0 Å². The SMILES string of the molecule is CCc1nn(CC)cc1C(C)NC. The van der Waals surface area contributed by atoms with Crippen LogP contribution in [0.3, 0.4) is 0 Å². The Labute approximate surface area is 80.1 Å². The molecule has 0 radical (unpaired) electrons. The minimum atomic E-state index is 0.398. The highest BCUT2D eigenvalue weighted by Gasteiger charge is 2.11. The minimum Gasteiger partial charge on any atom is -0.313 e. The van der Waals surface area contributed by atoms with Crippen molar-refractivity contribution in [1.29, 1.82) is 0 Å². The molecule has 0 aromatic carbocycles. The Kier molecular flexibility index (Phi) is 3.48. The molecule has 0 aliphatic rings.